The smallest absolute Gasteiger partial charge is 0.155 e. The quantitative estimate of drug-likeness (QED) is 0.546. The SMILES string of the molecule is CC(=O)/C=C1\Nc2ccc(N)cc2S1. The molecule has 1 aromatic rings. The molecular formula is C10H10N2OS. The fourth-order valence-corrected chi connectivity index (χ4v) is 2.30. The number of nitrogen functional groups attached to an aromatic ring is 1. The van der Waals surface area contributed by atoms with Crippen molar-refractivity contribution >= 4 is 28.9 Å². The van der Waals surface area contributed by atoms with Gasteiger partial charge in [0.05, 0.1) is 10.7 Å². The van der Waals surface area contributed by atoms with Gasteiger partial charge >= 0.3 is 0 Å². The van der Waals surface area contributed by atoms with Crippen LogP contribution >= 0.6 is 11.8 Å². The predicted molar refractivity (Wildman–Crippen MR) is 59.1 cm³/mol. The van der Waals surface area contributed by atoms with E-state index in [4.69, 9.17) is 5.73 Å². The van der Waals surface area contributed by atoms with Crippen LogP contribution in [0, 0.1) is 0 Å². The highest BCUT2D eigenvalue weighted by Gasteiger charge is 2.15. The third-order valence-electron chi connectivity index (χ3n) is 1.82. The molecule has 0 spiro atoms. The molecule has 14 heavy (non-hydrogen) atoms. The van der Waals surface area contributed by atoms with E-state index >= 15 is 0 Å². The molecule has 2 rings (SSSR count). The molecule has 4 heteroatoms. The maximum Gasteiger partial charge on any atom is 0.155 e. The summed E-state index contributed by atoms with van der Waals surface area (Å²) in [5, 5.41) is 4.00. The van der Waals surface area contributed by atoms with Crippen LogP contribution in [0.4, 0.5) is 11.4 Å². The summed E-state index contributed by atoms with van der Waals surface area (Å²) in [6, 6.07) is 5.65. The zero-order chi connectivity index (χ0) is 10.1. The molecule has 0 saturated carbocycles. The van der Waals surface area contributed by atoms with E-state index in [-0.39, 0.29) is 5.78 Å². The van der Waals surface area contributed by atoms with Crippen molar-refractivity contribution in [2.24, 2.45) is 0 Å². The number of hydrogen-bond donors (Lipinski definition) is 2. The molecule has 0 aromatic heterocycles. The van der Waals surface area contributed by atoms with E-state index in [0.29, 0.717) is 0 Å². The van der Waals surface area contributed by atoms with Gasteiger partial charge in [0.2, 0.25) is 0 Å². The van der Waals surface area contributed by atoms with Crippen molar-refractivity contribution < 1.29 is 4.79 Å². The molecule has 0 atom stereocenters. The number of allylic oxidation sites excluding steroid dienone is 1. The fourth-order valence-electron chi connectivity index (χ4n) is 1.25. The zero-order valence-corrected chi connectivity index (χ0v) is 8.52. The number of hydrogen-bond acceptors (Lipinski definition) is 4. The van der Waals surface area contributed by atoms with Crippen LogP contribution in [0.1, 0.15) is 6.92 Å². The lowest BCUT2D eigenvalue weighted by molar-refractivity contribution is -0.112. The standard InChI is InChI=1S/C10H10N2OS/c1-6(13)4-10-12-8-3-2-7(11)5-9(8)14-10/h2-5,12H,11H2,1H3/b10-4+. The Morgan fingerprint density at radius 1 is 1.57 bits per heavy atom. The lowest BCUT2D eigenvalue weighted by atomic mass is 10.3. The molecule has 1 heterocycles. The number of carbonyl (C=O) groups excluding carboxylic acids is 1. The Bertz CT molecular complexity index is 426. The van der Waals surface area contributed by atoms with E-state index in [9.17, 15) is 4.79 Å². The summed E-state index contributed by atoms with van der Waals surface area (Å²) in [6.45, 7) is 1.53. The molecule has 0 radical (unpaired) electrons. The van der Waals surface area contributed by atoms with Crippen molar-refractivity contribution in [3.05, 3.63) is 29.3 Å². The van der Waals surface area contributed by atoms with E-state index in [2.05, 4.69) is 5.32 Å². The van der Waals surface area contributed by atoms with Crippen LogP contribution in [0.25, 0.3) is 0 Å². The summed E-state index contributed by atoms with van der Waals surface area (Å²) < 4.78 is 0. The number of rotatable bonds is 1. The van der Waals surface area contributed by atoms with Gasteiger partial charge in [-0.2, -0.15) is 0 Å². The van der Waals surface area contributed by atoms with Gasteiger partial charge in [0.25, 0.3) is 0 Å². The second-order valence-corrected chi connectivity index (χ2v) is 4.19. The van der Waals surface area contributed by atoms with Gasteiger partial charge in [0, 0.05) is 16.7 Å². The number of benzene rings is 1. The highest BCUT2D eigenvalue weighted by Crippen LogP contribution is 2.41. The summed E-state index contributed by atoms with van der Waals surface area (Å²) in [6.07, 6.45) is 1.58. The van der Waals surface area contributed by atoms with E-state index in [1.165, 1.54) is 18.7 Å². The lowest BCUT2D eigenvalue weighted by Crippen LogP contribution is -1.92. The van der Waals surface area contributed by atoms with Gasteiger partial charge in [0.1, 0.15) is 0 Å². The van der Waals surface area contributed by atoms with E-state index < -0.39 is 0 Å². The molecular weight excluding hydrogens is 196 g/mol. The van der Waals surface area contributed by atoms with Crippen molar-refractivity contribution in [1.29, 1.82) is 0 Å². The highest BCUT2D eigenvalue weighted by atomic mass is 32.2. The fraction of sp³-hybridized carbons (Fsp3) is 0.100. The minimum absolute atomic E-state index is 0.0424. The Hall–Kier alpha value is -1.42. The largest absolute Gasteiger partial charge is 0.399 e. The van der Waals surface area contributed by atoms with Gasteiger partial charge in [-0.15, -0.1) is 0 Å². The summed E-state index contributed by atoms with van der Waals surface area (Å²) in [5.74, 6) is 0.0424. The van der Waals surface area contributed by atoms with Crippen LogP contribution < -0.4 is 11.1 Å². The van der Waals surface area contributed by atoms with Crippen LogP contribution in [0.15, 0.2) is 34.2 Å². The lowest BCUT2D eigenvalue weighted by Gasteiger charge is -1.97. The van der Waals surface area contributed by atoms with Crippen LogP contribution in [0.5, 0.6) is 0 Å². The molecule has 0 amide bonds. The molecule has 1 aliphatic heterocycles. The van der Waals surface area contributed by atoms with Gasteiger partial charge in [-0.05, 0) is 25.1 Å². The van der Waals surface area contributed by atoms with E-state index in [0.717, 1.165) is 21.3 Å². The minimum atomic E-state index is 0.0424. The van der Waals surface area contributed by atoms with Gasteiger partial charge in [0.15, 0.2) is 5.78 Å². The van der Waals surface area contributed by atoms with E-state index in [1.54, 1.807) is 6.08 Å². The normalized spacial score (nSPS) is 16.5. The van der Waals surface area contributed by atoms with Gasteiger partial charge < -0.3 is 11.1 Å². The topological polar surface area (TPSA) is 55.1 Å². The Morgan fingerprint density at radius 3 is 3.07 bits per heavy atom. The first-order valence-electron chi connectivity index (χ1n) is 4.22. The maximum absolute atomic E-state index is 10.9. The highest BCUT2D eigenvalue weighted by molar-refractivity contribution is 8.03. The predicted octanol–water partition coefficient (Wildman–Crippen LogP) is 2.22. The number of ketones is 1. The number of thioether (sulfide) groups is 1. The van der Waals surface area contributed by atoms with Gasteiger partial charge in [-0.25, -0.2) is 0 Å². The number of carbonyl (C=O) groups is 1. The third kappa shape index (κ3) is 1.75. The summed E-state index contributed by atoms with van der Waals surface area (Å²) >= 11 is 1.53. The first-order chi connectivity index (χ1) is 6.65. The molecule has 0 saturated heterocycles. The molecule has 0 aliphatic carbocycles. The van der Waals surface area contributed by atoms with Crippen molar-refractivity contribution in [2.75, 3.05) is 11.1 Å². The minimum Gasteiger partial charge on any atom is -0.399 e. The van der Waals surface area contributed by atoms with Crippen molar-refractivity contribution in [1.82, 2.24) is 0 Å². The van der Waals surface area contributed by atoms with Crippen molar-refractivity contribution in [2.45, 2.75) is 11.8 Å². The second-order valence-electron chi connectivity index (χ2n) is 3.10. The molecule has 1 aromatic carbocycles. The average molecular weight is 206 g/mol. The zero-order valence-electron chi connectivity index (χ0n) is 7.70. The first-order valence-corrected chi connectivity index (χ1v) is 5.03. The van der Waals surface area contributed by atoms with Gasteiger partial charge in [-0.1, -0.05) is 11.8 Å². The Balaban J connectivity index is 2.30. The molecule has 0 fully saturated rings. The van der Waals surface area contributed by atoms with Crippen LogP contribution in [0.2, 0.25) is 0 Å². The number of fused-ring (bicyclic) bond motifs is 1. The van der Waals surface area contributed by atoms with Crippen LogP contribution in [-0.4, -0.2) is 5.78 Å². The molecule has 3 N–H and O–H groups in total. The summed E-state index contributed by atoms with van der Waals surface area (Å²) in [7, 11) is 0. The van der Waals surface area contributed by atoms with E-state index in [1.807, 2.05) is 18.2 Å². The first kappa shape index (κ1) is 9.15. The number of nitrogens with one attached hydrogen (secondary N) is 1. The van der Waals surface area contributed by atoms with Crippen molar-refractivity contribution in [3.8, 4) is 0 Å². The van der Waals surface area contributed by atoms with Gasteiger partial charge in [-0.3, -0.25) is 4.79 Å². The third-order valence-corrected chi connectivity index (χ3v) is 2.82. The van der Waals surface area contributed by atoms with Crippen LogP contribution in [-0.2, 0) is 4.79 Å². The van der Waals surface area contributed by atoms with Crippen molar-refractivity contribution in [3.63, 3.8) is 0 Å². The molecule has 0 unspecified atom stereocenters. The Kier molecular flexibility index (Phi) is 2.21. The van der Waals surface area contributed by atoms with Crippen LogP contribution in [0.3, 0.4) is 0 Å². The number of nitrogens with two attached hydrogens (primary N) is 1. The monoisotopic (exact) mass is 206 g/mol. The Labute approximate surface area is 86.4 Å². The maximum atomic E-state index is 10.9. The molecule has 3 nitrogen and oxygen atoms in total. The Morgan fingerprint density at radius 2 is 2.36 bits per heavy atom. The molecule has 72 valence electrons. The number of anilines is 2. The average Bonchev–Trinajstić information content (AvgIpc) is 2.44. The molecule has 1 aliphatic rings. The second kappa shape index (κ2) is 3.38. The summed E-state index contributed by atoms with van der Waals surface area (Å²) in [4.78, 5) is 11.9. The molecule has 0 bridgehead atoms. The summed E-state index contributed by atoms with van der Waals surface area (Å²) in [5.41, 5.74) is 7.40.